The van der Waals surface area contributed by atoms with Crippen molar-refractivity contribution in [2.45, 2.75) is 13.3 Å². The summed E-state index contributed by atoms with van der Waals surface area (Å²) in [5.41, 5.74) is 6.89. The molecule has 0 fully saturated rings. The Morgan fingerprint density at radius 3 is 2.57 bits per heavy atom. The predicted octanol–water partition coefficient (Wildman–Crippen LogP) is 5.02. The average Bonchev–Trinajstić information content (AvgIpc) is 2.75. The van der Waals surface area contributed by atoms with Gasteiger partial charge in [-0.3, -0.25) is 14.8 Å². The van der Waals surface area contributed by atoms with Crippen molar-refractivity contribution in [2.75, 3.05) is 7.11 Å². The molecule has 0 unspecified atom stereocenters. The van der Waals surface area contributed by atoms with Gasteiger partial charge in [-0.25, -0.2) is 0 Å². The molecule has 0 aliphatic carbocycles. The number of pyridine rings is 2. The van der Waals surface area contributed by atoms with Crippen LogP contribution < -0.4 is 4.74 Å². The van der Waals surface area contributed by atoms with Gasteiger partial charge >= 0.3 is 0 Å². The number of fused-ring (bicyclic) bond motifs is 1. The van der Waals surface area contributed by atoms with Crippen LogP contribution in [0.15, 0.2) is 67.0 Å². The summed E-state index contributed by atoms with van der Waals surface area (Å²) in [6, 6.07) is 18.5. The minimum atomic E-state index is 0.439. The van der Waals surface area contributed by atoms with Gasteiger partial charge in [0.05, 0.1) is 23.9 Å². The molecule has 0 atom stereocenters. The highest BCUT2D eigenvalue weighted by Crippen LogP contribution is 2.31. The van der Waals surface area contributed by atoms with Crippen LogP contribution in [0.4, 0.5) is 0 Å². The molecule has 2 heterocycles. The first kappa shape index (κ1) is 17.9. The van der Waals surface area contributed by atoms with Gasteiger partial charge in [0.2, 0.25) is 0 Å². The molecule has 0 saturated heterocycles. The van der Waals surface area contributed by atoms with E-state index in [0.717, 1.165) is 22.9 Å². The molecule has 0 aliphatic rings. The topological polar surface area (TPSA) is 52.1 Å². The fourth-order valence-corrected chi connectivity index (χ4v) is 3.60. The molecule has 4 heteroatoms. The van der Waals surface area contributed by atoms with Crippen LogP contribution in [0.5, 0.6) is 5.75 Å². The molecule has 4 aromatic rings. The fourth-order valence-electron chi connectivity index (χ4n) is 3.60. The van der Waals surface area contributed by atoms with Crippen molar-refractivity contribution in [2.24, 2.45) is 0 Å². The van der Waals surface area contributed by atoms with Crippen LogP contribution in [0.1, 0.15) is 27.2 Å². The molecule has 138 valence electrons. The number of hydrogen-bond donors (Lipinski definition) is 0. The monoisotopic (exact) mass is 368 g/mol. The van der Waals surface area contributed by atoms with E-state index in [4.69, 9.17) is 4.74 Å². The summed E-state index contributed by atoms with van der Waals surface area (Å²) in [6.07, 6.45) is 4.71. The first-order valence-corrected chi connectivity index (χ1v) is 9.12. The second-order valence-corrected chi connectivity index (χ2v) is 6.65. The van der Waals surface area contributed by atoms with Crippen molar-refractivity contribution in [1.82, 2.24) is 9.97 Å². The third-order valence-corrected chi connectivity index (χ3v) is 5.06. The number of ether oxygens (including phenoxy) is 1. The second kappa shape index (κ2) is 7.61. The third-order valence-electron chi connectivity index (χ3n) is 5.06. The van der Waals surface area contributed by atoms with Gasteiger partial charge in [-0.2, -0.15) is 0 Å². The van der Waals surface area contributed by atoms with Crippen LogP contribution >= 0.6 is 0 Å². The van der Waals surface area contributed by atoms with Gasteiger partial charge in [0, 0.05) is 24.2 Å². The van der Waals surface area contributed by atoms with Gasteiger partial charge < -0.3 is 4.74 Å². The summed E-state index contributed by atoms with van der Waals surface area (Å²) in [5.74, 6) is 0.540. The minimum Gasteiger partial charge on any atom is -0.495 e. The zero-order chi connectivity index (χ0) is 19.5. The molecule has 28 heavy (non-hydrogen) atoms. The maximum atomic E-state index is 11.3. The number of benzene rings is 2. The summed E-state index contributed by atoms with van der Waals surface area (Å²) in [6.45, 7) is 2.14. The average molecular weight is 368 g/mol. The molecule has 4 rings (SSSR count). The summed E-state index contributed by atoms with van der Waals surface area (Å²) in [4.78, 5) is 20.4. The van der Waals surface area contributed by atoms with Gasteiger partial charge in [0.1, 0.15) is 5.75 Å². The van der Waals surface area contributed by atoms with Crippen molar-refractivity contribution in [3.63, 3.8) is 0 Å². The number of carbonyl (C=O) groups excluding carboxylic acids is 1. The lowest BCUT2D eigenvalue weighted by Gasteiger charge is -2.13. The molecule has 0 amide bonds. The normalized spacial score (nSPS) is 10.8. The van der Waals surface area contributed by atoms with E-state index in [2.05, 4.69) is 59.4 Å². The number of carbonyl (C=O) groups is 1. The quantitative estimate of drug-likeness (QED) is 0.464. The zero-order valence-electron chi connectivity index (χ0n) is 15.8. The Morgan fingerprint density at radius 2 is 1.82 bits per heavy atom. The molecule has 0 bridgehead atoms. The van der Waals surface area contributed by atoms with Gasteiger partial charge in [0.25, 0.3) is 0 Å². The number of rotatable bonds is 5. The fraction of sp³-hybridized carbons (Fsp3) is 0.125. The summed E-state index contributed by atoms with van der Waals surface area (Å²) >= 11 is 0. The molecule has 0 N–H and O–H groups in total. The third kappa shape index (κ3) is 3.14. The summed E-state index contributed by atoms with van der Waals surface area (Å²) in [7, 11) is 1.56. The Morgan fingerprint density at radius 1 is 1.00 bits per heavy atom. The highest BCUT2D eigenvalue weighted by molar-refractivity contribution is 5.94. The van der Waals surface area contributed by atoms with Crippen molar-refractivity contribution in [1.29, 1.82) is 0 Å². The van der Waals surface area contributed by atoms with Crippen LogP contribution in [-0.4, -0.2) is 23.4 Å². The molecular weight excluding hydrogens is 348 g/mol. The van der Waals surface area contributed by atoms with Crippen molar-refractivity contribution in [3.8, 4) is 16.9 Å². The van der Waals surface area contributed by atoms with Gasteiger partial charge in [-0.05, 0) is 35.2 Å². The molecule has 0 saturated carbocycles. The van der Waals surface area contributed by atoms with Crippen molar-refractivity contribution < 1.29 is 9.53 Å². The minimum absolute atomic E-state index is 0.439. The van der Waals surface area contributed by atoms with Gasteiger partial charge in [-0.15, -0.1) is 0 Å². The summed E-state index contributed by atoms with van der Waals surface area (Å²) < 4.78 is 5.46. The Bertz CT molecular complexity index is 1150. The number of aldehydes is 1. The maximum absolute atomic E-state index is 11.3. The Labute approximate surface area is 163 Å². The van der Waals surface area contributed by atoms with Crippen molar-refractivity contribution in [3.05, 3.63) is 89.4 Å². The first-order chi connectivity index (χ1) is 13.7. The molecule has 0 radical (unpaired) electrons. The lowest BCUT2D eigenvalue weighted by Crippen LogP contribution is -2.01. The van der Waals surface area contributed by atoms with E-state index in [1.165, 1.54) is 22.3 Å². The molecule has 4 nitrogen and oxygen atoms in total. The van der Waals surface area contributed by atoms with Gasteiger partial charge in [0.15, 0.2) is 6.29 Å². The molecule has 0 spiro atoms. The van der Waals surface area contributed by atoms with Crippen LogP contribution in [0.25, 0.3) is 22.0 Å². The number of methoxy groups -OCH3 is 1. The SMILES string of the molecule is COc1c(C=O)cnc2c(Cc3cccc(-c4ccccc4)c3C)nccc12. The van der Waals surface area contributed by atoms with Crippen LogP contribution in [0, 0.1) is 6.92 Å². The first-order valence-electron chi connectivity index (χ1n) is 9.12. The Balaban J connectivity index is 1.80. The van der Waals surface area contributed by atoms with E-state index >= 15 is 0 Å². The van der Waals surface area contributed by atoms with E-state index in [1.807, 2.05) is 12.1 Å². The highest BCUT2D eigenvalue weighted by Gasteiger charge is 2.14. The van der Waals surface area contributed by atoms with Crippen LogP contribution in [-0.2, 0) is 6.42 Å². The maximum Gasteiger partial charge on any atom is 0.155 e. The number of hydrogen-bond acceptors (Lipinski definition) is 4. The smallest absolute Gasteiger partial charge is 0.155 e. The highest BCUT2D eigenvalue weighted by atomic mass is 16.5. The Kier molecular flexibility index (Phi) is 4.85. The van der Waals surface area contributed by atoms with E-state index in [9.17, 15) is 4.79 Å². The molecular formula is C24H20N2O2. The number of nitrogens with zero attached hydrogens (tertiary/aromatic N) is 2. The number of aromatic nitrogens is 2. The second-order valence-electron chi connectivity index (χ2n) is 6.65. The summed E-state index contributed by atoms with van der Waals surface area (Å²) in [5, 5.41) is 0.800. The van der Waals surface area contributed by atoms with Crippen molar-refractivity contribution >= 4 is 17.2 Å². The van der Waals surface area contributed by atoms with E-state index in [0.29, 0.717) is 17.7 Å². The molecule has 2 aromatic carbocycles. The van der Waals surface area contributed by atoms with E-state index < -0.39 is 0 Å². The predicted molar refractivity (Wildman–Crippen MR) is 111 cm³/mol. The van der Waals surface area contributed by atoms with E-state index in [-0.39, 0.29) is 0 Å². The van der Waals surface area contributed by atoms with Crippen LogP contribution in [0.2, 0.25) is 0 Å². The largest absolute Gasteiger partial charge is 0.495 e. The van der Waals surface area contributed by atoms with Crippen LogP contribution in [0.3, 0.4) is 0 Å². The Hall–Kier alpha value is -3.53. The van der Waals surface area contributed by atoms with E-state index in [1.54, 1.807) is 19.5 Å². The lowest BCUT2D eigenvalue weighted by atomic mass is 9.94. The molecule has 0 aliphatic heterocycles. The standard InChI is InChI=1S/C24H20N2O2/c1-16-18(9-6-10-20(16)17-7-4-3-5-8-17)13-22-23-21(11-12-25-22)24(28-2)19(15-27)14-26-23/h3-12,14-15H,13H2,1-2H3. The van der Waals surface area contributed by atoms with Gasteiger partial charge in [-0.1, -0.05) is 48.5 Å². The zero-order valence-corrected chi connectivity index (χ0v) is 15.8. The molecule has 2 aromatic heterocycles. The lowest BCUT2D eigenvalue weighted by molar-refractivity contribution is 0.112.